The first-order chi connectivity index (χ1) is 9.93. The highest BCUT2D eigenvalue weighted by atomic mass is 32.2. The number of aliphatic carboxylic acids is 1. The van der Waals surface area contributed by atoms with Crippen molar-refractivity contribution in [2.45, 2.75) is 25.6 Å². The average Bonchev–Trinajstić information content (AvgIpc) is 2.46. The van der Waals surface area contributed by atoms with Crippen molar-refractivity contribution in [2.75, 3.05) is 11.5 Å². The minimum absolute atomic E-state index is 0.270. The van der Waals surface area contributed by atoms with Gasteiger partial charge in [-0.3, -0.25) is 4.79 Å². The lowest BCUT2D eigenvalue weighted by Gasteiger charge is -2.16. The molecule has 0 radical (unpaired) electrons. The van der Waals surface area contributed by atoms with E-state index in [0.29, 0.717) is 11.5 Å². The Morgan fingerprint density at radius 1 is 1.33 bits per heavy atom. The number of amides is 1. The first kappa shape index (κ1) is 17.9. The van der Waals surface area contributed by atoms with Crippen LogP contribution in [0.5, 0.6) is 0 Å². The minimum atomic E-state index is -1.01. The number of aryl methyl sites for hydroxylation is 1. The van der Waals surface area contributed by atoms with Crippen LogP contribution in [0.3, 0.4) is 0 Å². The first-order valence-electron chi connectivity index (χ1n) is 6.71. The Labute approximate surface area is 135 Å². The van der Waals surface area contributed by atoms with Crippen LogP contribution in [0.2, 0.25) is 0 Å². The largest absolute Gasteiger partial charge is 0.480 e. The van der Waals surface area contributed by atoms with Crippen LogP contribution in [0.25, 0.3) is 0 Å². The lowest BCUT2D eigenvalue weighted by atomic mass is 10.2. The fourth-order valence-corrected chi connectivity index (χ4v) is 2.72. The number of carboxylic acids is 1. The number of benzene rings is 1. The molecule has 6 heteroatoms. The topological polar surface area (TPSA) is 66.4 Å². The SMILES string of the molecule is Cc1ccc(CSCC(NC(=O)[C@H](C)CS)C(=O)O)cc1. The second kappa shape index (κ2) is 9.00. The number of carbonyl (C=O) groups excluding carboxylic acids is 1. The molecular formula is C15H21NO3S2. The van der Waals surface area contributed by atoms with Crippen molar-refractivity contribution in [3.05, 3.63) is 35.4 Å². The van der Waals surface area contributed by atoms with Gasteiger partial charge in [-0.2, -0.15) is 24.4 Å². The number of carbonyl (C=O) groups is 2. The summed E-state index contributed by atoms with van der Waals surface area (Å²) in [6, 6.07) is 7.25. The first-order valence-corrected chi connectivity index (χ1v) is 8.50. The summed E-state index contributed by atoms with van der Waals surface area (Å²) in [5.74, 6) is -0.109. The van der Waals surface area contributed by atoms with E-state index in [1.54, 1.807) is 6.92 Å². The van der Waals surface area contributed by atoms with E-state index in [9.17, 15) is 9.59 Å². The van der Waals surface area contributed by atoms with E-state index in [0.717, 1.165) is 11.3 Å². The molecule has 4 nitrogen and oxygen atoms in total. The summed E-state index contributed by atoms with van der Waals surface area (Å²) in [5, 5.41) is 11.7. The van der Waals surface area contributed by atoms with E-state index >= 15 is 0 Å². The molecule has 21 heavy (non-hydrogen) atoms. The maximum atomic E-state index is 11.7. The molecule has 1 unspecified atom stereocenters. The van der Waals surface area contributed by atoms with Crippen molar-refractivity contribution in [3.8, 4) is 0 Å². The van der Waals surface area contributed by atoms with Crippen LogP contribution in [0, 0.1) is 12.8 Å². The number of carboxylic acid groups (broad SMARTS) is 1. The van der Waals surface area contributed by atoms with Crippen molar-refractivity contribution >= 4 is 36.3 Å². The maximum absolute atomic E-state index is 11.7. The smallest absolute Gasteiger partial charge is 0.327 e. The van der Waals surface area contributed by atoms with Gasteiger partial charge >= 0.3 is 5.97 Å². The van der Waals surface area contributed by atoms with Crippen LogP contribution < -0.4 is 5.32 Å². The highest BCUT2D eigenvalue weighted by molar-refractivity contribution is 7.98. The van der Waals surface area contributed by atoms with Gasteiger partial charge in [0, 0.05) is 23.2 Å². The van der Waals surface area contributed by atoms with Crippen LogP contribution in [-0.4, -0.2) is 34.5 Å². The number of nitrogens with one attached hydrogen (secondary N) is 1. The van der Waals surface area contributed by atoms with Crippen LogP contribution in [-0.2, 0) is 15.3 Å². The fourth-order valence-electron chi connectivity index (χ4n) is 1.55. The highest BCUT2D eigenvalue weighted by Gasteiger charge is 2.22. The van der Waals surface area contributed by atoms with Gasteiger partial charge in [-0.25, -0.2) is 4.79 Å². The zero-order chi connectivity index (χ0) is 15.8. The van der Waals surface area contributed by atoms with E-state index in [4.69, 9.17) is 5.11 Å². The van der Waals surface area contributed by atoms with Gasteiger partial charge in [-0.05, 0) is 12.5 Å². The van der Waals surface area contributed by atoms with Gasteiger partial charge in [0.05, 0.1) is 0 Å². The van der Waals surface area contributed by atoms with E-state index in [1.807, 2.05) is 31.2 Å². The highest BCUT2D eigenvalue weighted by Crippen LogP contribution is 2.14. The Balaban J connectivity index is 2.46. The Morgan fingerprint density at radius 3 is 2.48 bits per heavy atom. The van der Waals surface area contributed by atoms with Gasteiger partial charge in [-0.1, -0.05) is 36.8 Å². The van der Waals surface area contributed by atoms with Crippen LogP contribution in [0.15, 0.2) is 24.3 Å². The summed E-state index contributed by atoms with van der Waals surface area (Å²) in [7, 11) is 0. The number of rotatable bonds is 8. The van der Waals surface area contributed by atoms with Crippen LogP contribution in [0.4, 0.5) is 0 Å². The maximum Gasteiger partial charge on any atom is 0.327 e. The van der Waals surface area contributed by atoms with E-state index in [2.05, 4.69) is 17.9 Å². The van der Waals surface area contributed by atoms with Gasteiger partial charge < -0.3 is 10.4 Å². The summed E-state index contributed by atoms with van der Waals surface area (Å²) < 4.78 is 0. The number of thioether (sulfide) groups is 1. The average molecular weight is 327 g/mol. The molecule has 2 atom stereocenters. The van der Waals surface area contributed by atoms with Crippen LogP contribution in [0.1, 0.15) is 18.1 Å². The molecule has 0 aliphatic rings. The third-order valence-electron chi connectivity index (χ3n) is 3.01. The molecule has 0 fully saturated rings. The molecule has 1 rings (SSSR count). The lowest BCUT2D eigenvalue weighted by Crippen LogP contribution is -2.45. The van der Waals surface area contributed by atoms with Gasteiger partial charge in [0.15, 0.2) is 0 Å². The quantitative estimate of drug-likeness (QED) is 0.641. The van der Waals surface area contributed by atoms with Crippen molar-refractivity contribution in [1.29, 1.82) is 0 Å². The Kier molecular flexibility index (Phi) is 7.67. The molecule has 1 amide bonds. The Morgan fingerprint density at radius 2 is 1.95 bits per heavy atom. The van der Waals surface area contributed by atoms with Crippen molar-refractivity contribution in [3.63, 3.8) is 0 Å². The molecule has 2 N–H and O–H groups in total. The fraction of sp³-hybridized carbons (Fsp3) is 0.467. The second-order valence-electron chi connectivity index (χ2n) is 4.98. The minimum Gasteiger partial charge on any atom is -0.480 e. The zero-order valence-corrected chi connectivity index (χ0v) is 13.9. The molecule has 0 saturated carbocycles. The van der Waals surface area contributed by atoms with Crippen molar-refractivity contribution in [1.82, 2.24) is 5.32 Å². The van der Waals surface area contributed by atoms with E-state index in [-0.39, 0.29) is 11.8 Å². The van der Waals surface area contributed by atoms with E-state index < -0.39 is 12.0 Å². The molecule has 116 valence electrons. The predicted molar refractivity (Wildman–Crippen MR) is 89.9 cm³/mol. The molecule has 0 aromatic heterocycles. The normalized spacial score (nSPS) is 13.5. The molecular weight excluding hydrogens is 306 g/mol. The van der Waals surface area contributed by atoms with Gasteiger partial charge in [0.25, 0.3) is 0 Å². The molecule has 0 heterocycles. The molecule has 1 aromatic carbocycles. The van der Waals surface area contributed by atoms with Crippen molar-refractivity contribution in [2.24, 2.45) is 5.92 Å². The number of hydrogen-bond acceptors (Lipinski definition) is 4. The summed E-state index contributed by atoms with van der Waals surface area (Å²) in [6.45, 7) is 3.75. The Bertz CT molecular complexity index is 476. The molecule has 0 aliphatic heterocycles. The second-order valence-corrected chi connectivity index (χ2v) is 6.38. The van der Waals surface area contributed by atoms with E-state index in [1.165, 1.54) is 17.3 Å². The molecule has 0 aliphatic carbocycles. The molecule has 0 saturated heterocycles. The van der Waals surface area contributed by atoms with Crippen LogP contribution >= 0.6 is 24.4 Å². The zero-order valence-electron chi connectivity index (χ0n) is 12.2. The number of hydrogen-bond donors (Lipinski definition) is 3. The summed E-state index contributed by atoms with van der Waals surface area (Å²) in [5.41, 5.74) is 2.34. The van der Waals surface area contributed by atoms with Crippen molar-refractivity contribution < 1.29 is 14.7 Å². The summed E-state index contributed by atoms with van der Waals surface area (Å²) in [4.78, 5) is 22.9. The van der Waals surface area contributed by atoms with Gasteiger partial charge in [-0.15, -0.1) is 0 Å². The standard InChI is InChI=1S/C15H21NO3S2/c1-10-3-5-12(6-4-10)8-21-9-13(15(18)19)16-14(17)11(2)7-20/h3-6,11,13,20H,7-9H2,1-2H3,(H,16,17)(H,18,19)/t11-,13?/m1/s1. The molecule has 1 aromatic rings. The third-order valence-corrected chi connectivity index (χ3v) is 4.66. The summed E-state index contributed by atoms with van der Waals surface area (Å²) in [6.07, 6.45) is 0. The number of thiol groups is 1. The molecule has 0 bridgehead atoms. The third kappa shape index (κ3) is 6.44. The predicted octanol–water partition coefficient (Wildman–Crippen LogP) is 2.36. The van der Waals surface area contributed by atoms with Gasteiger partial charge in [0.1, 0.15) is 6.04 Å². The molecule has 0 spiro atoms. The lowest BCUT2D eigenvalue weighted by molar-refractivity contribution is -0.141. The van der Waals surface area contributed by atoms with Gasteiger partial charge in [0.2, 0.25) is 5.91 Å². The summed E-state index contributed by atoms with van der Waals surface area (Å²) >= 11 is 5.54. The monoisotopic (exact) mass is 327 g/mol. The Hall–Kier alpha value is -1.14.